The molecule has 5 heterocycles. The van der Waals surface area contributed by atoms with E-state index >= 15 is 0 Å². The Kier molecular flexibility index (Phi) is 6.31. The number of hydrogen-bond donors (Lipinski definition) is 1. The van der Waals surface area contributed by atoms with E-state index in [1.54, 1.807) is 13.3 Å². The number of methoxy groups -OCH3 is 1. The molecule has 3 aromatic rings. The Balaban J connectivity index is 1.10. The van der Waals surface area contributed by atoms with Crippen molar-refractivity contribution in [2.45, 2.75) is 44.4 Å². The van der Waals surface area contributed by atoms with Crippen molar-refractivity contribution in [1.82, 2.24) is 20.3 Å². The summed E-state index contributed by atoms with van der Waals surface area (Å²) in [7, 11) is 1.63. The molecule has 0 unspecified atom stereocenters. The Bertz CT molecular complexity index is 1070. The van der Waals surface area contributed by atoms with Crippen LogP contribution in [-0.2, 0) is 17.7 Å². The van der Waals surface area contributed by atoms with Gasteiger partial charge in [0.2, 0.25) is 5.88 Å². The molecule has 2 atom stereocenters. The number of fused-ring (bicyclic) bond motifs is 2. The highest BCUT2D eigenvalue weighted by molar-refractivity contribution is 5.78. The Labute approximate surface area is 187 Å². The van der Waals surface area contributed by atoms with Gasteiger partial charge in [-0.2, -0.15) is 0 Å². The van der Waals surface area contributed by atoms with Crippen LogP contribution < -0.4 is 19.5 Å². The molecule has 0 saturated carbocycles. The summed E-state index contributed by atoms with van der Waals surface area (Å²) in [6, 6.07) is 8.12. The molecule has 1 N–H and O–H groups in total. The van der Waals surface area contributed by atoms with E-state index in [-0.39, 0.29) is 6.10 Å². The number of aryl methyl sites for hydroxylation is 1. The maximum Gasteiger partial charge on any atom is 0.213 e. The van der Waals surface area contributed by atoms with Crippen LogP contribution in [0.1, 0.15) is 30.5 Å². The van der Waals surface area contributed by atoms with E-state index < -0.39 is 0 Å². The normalized spacial score (nSPS) is 20.3. The lowest BCUT2D eigenvalue weighted by Gasteiger charge is -2.30. The van der Waals surface area contributed by atoms with E-state index in [1.165, 1.54) is 5.56 Å². The second-order valence-corrected chi connectivity index (χ2v) is 8.16. The minimum Gasteiger partial charge on any atom is -0.486 e. The first-order chi connectivity index (χ1) is 15.8. The summed E-state index contributed by atoms with van der Waals surface area (Å²) in [5.74, 6) is 2.11. The number of nitrogens with one attached hydrogen (secondary N) is 1. The highest BCUT2D eigenvalue weighted by Gasteiger charge is 2.22. The smallest absolute Gasteiger partial charge is 0.213 e. The maximum absolute atomic E-state index is 6.16. The molecule has 0 spiro atoms. The Morgan fingerprint density at radius 1 is 1.09 bits per heavy atom. The summed E-state index contributed by atoms with van der Waals surface area (Å²) in [6.45, 7) is 2.56. The van der Waals surface area contributed by atoms with Gasteiger partial charge in [0.25, 0.3) is 0 Å². The first-order valence-electron chi connectivity index (χ1n) is 11.2. The average molecular weight is 437 g/mol. The Morgan fingerprint density at radius 2 is 2.00 bits per heavy atom. The van der Waals surface area contributed by atoms with Crippen LogP contribution in [0.3, 0.4) is 0 Å². The van der Waals surface area contributed by atoms with Gasteiger partial charge in [-0.25, -0.2) is 4.98 Å². The lowest BCUT2D eigenvalue weighted by molar-refractivity contribution is -0.00701. The van der Waals surface area contributed by atoms with Gasteiger partial charge in [-0.1, -0.05) is 0 Å². The minimum atomic E-state index is 0.259. The van der Waals surface area contributed by atoms with Gasteiger partial charge >= 0.3 is 0 Å². The number of ether oxygens (including phenoxy) is 4. The molecule has 3 aromatic heterocycles. The van der Waals surface area contributed by atoms with Crippen LogP contribution in [0.2, 0.25) is 0 Å². The standard InChI is InChI=1S/C24H28N4O4/c1-29-23-7-6-20-24(28-23)16(8-9-25-20)2-4-19-5-3-17(15-32-19)26-13-18-12-21-22(14-27-18)31-11-10-30-21/h6-9,12,14,17,19,26H,2-5,10-11,13,15H2,1H3/t17-,19-/m1/s1. The van der Waals surface area contributed by atoms with Gasteiger partial charge in [-0.05, 0) is 43.4 Å². The number of nitrogens with zero attached hydrogens (tertiary/aromatic N) is 3. The number of aromatic nitrogens is 3. The molecule has 1 saturated heterocycles. The molecule has 0 radical (unpaired) electrons. The first-order valence-corrected chi connectivity index (χ1v) is 11.2. The van der Waals surface area contributed by atoms with Crippen molar-refractivity contribution in [3.63, 3.8) is 0 Å². The molecular formula is C24H28N4O4. The van der Waals surface area contributed by atoms with E-state index in [0.29, 0.717) is 38.3 Å². The predicted molar refractivity (Wildman–Crippen MR) is 119 cm³/mol. The van der Waals surface area contributed by atoms with E-state index in [4.69, 9.17) is 18.9 Å². The minimum absolute atomic E-state index is 0.259. The molecule has 0 aliphatic carbocycles. The molecule has 5 rings (SSSR count). The molecule has 0 amide bonds. The molecule has 8 heteroatoms. The summed E-state index contributed by atoms with van der Waals surface area (Å²) in [4.78, 5) is 13.5. The average Bonchev–Trinajstić information content (AvgIpc) is 2.86. The van der Waals surface area contributed by atoms with Gasteiger partial charge in [0.1, 0.15) is 13.2 Å². The van der Waals surface area contributed by atoms with Crippen LogP contribution in [0, 0.1) is 0 Å². The lowest BCUT2D eigenvalue weighted by Crippen LogP contribution is -2.39. The quantitative estimate of drug-likeness (QED) is 0.605. The lowest BCUT2D eigenvalue weighted by atomic mass is 9.98. The van der Waals surface area contributed by atoms with Crippen LogP contribution in [0.15, 0.2) is 36.7 Å². The van der Waals surface area contributed by atoms with E-state index in [0.717, 1.165) is 53.9 Å². The van der Waals surface area contributed by atoms with Crippen LogP contribution >= 0.6 is 0 Å². The van der Waals surface area contributed by atoms with Crippen molar-refractivity contribution < 1.29 is 18.9 Å². The summed E-state index contributed by atoms with van der Waals surface area (Å²) < 4.78 is 22.6. The molecule has 1 fully saturated rings. The van der Waals surface area contributed by atoms with E-state index in [2.05, 4.69) is 20.3 Å². The molecule has 0 bridgehead atoms. The van der Waals surface area contributed by atoms with Crippen molar-refractivity contribution in [3.8, 4) is 17.4 Å². The van der Waals surface area contributed by atoms with Gasteiger partial charge < -0.3 is 24.3 Å². The SMILES string of the molecule is COc1ccc2nccc(CC[C@@H]3CC[C@@H](NCc4cc5c(cn4)OCCO5)CO3)c2n1. The molecule has 168 valence electrons. The third kappa shape index (κ3) is 4.76. The van der Waals surface area contributed by atoms with Crippen molar-refractivity contribution in [1.29, 1.82) is 0 Å². The zero-order valence-corrected chi connectivity index (χ0v) is 18.3. The third-order valence-electron chi connectivity index (χ3n) is 6.02. The predicted octanol–water partition coefficient (Wildman–Crippen LogP) is 3.07. The van der Waals surface area contributed by atoms with Crippen molar-refractivity contribution in [3.05, 3.63) is 47.9 Å². The van der Waals surface area contributed by atoms with Gasteiger partial charge in [-0.15, -0.1) is 0 Å². The van der Waals surface area contributed by atoms with Gasteiger partial charge in [0.05, 0.1) is 42.7 Å². The zero-order valence-electron chi connectivity index (χ0n) is 18.3. The maximum atomic E-state index is 6.16. The highest BCUT2D eigenvalue weighted by Crippen LogP contribution is 2.29. The second-order valence-electron chi connectivity index (χ2n) is 8.16. The van der Waals surface area contributed by atoms with Crippen molar-refractivity contribution in [2.24, 2.45) is 0 Å². The third-order valence-corrected chi connectivity index (χ3v) is 6.02. The van der Waals surface area contributed by atoms with Gasteiger partial charge in [0.15, 0.2) is 11.5 Å². The van der Waals surface area contributed by atoms with Crippen LogP contribution in [0.25, 0.3) is 11.0 Å². The fourth-order valence-corrected chi connectivity index (χ4v) is 4.22. The van der Waals surface area contributed by atoms with Crippen molar-refractivity contribution in [2.75, 3.05) is 26.9 Å². The van der Waals surface area contributed by atoms with Crippen LogP contribution in [-0.4, -0.2) is 54.0 Å². The van der Waals surface area contributed by atoms with Crippen LogP contribution in [0.4, 0.5) is 0 Å². The molecule has 2 aliphatic heterocycles. The Morgan fingerprint density at radius 3 is 2.84 bits per heavy atom. The second kappa shape index (κ2) is 9.67. The van der Waals surface area contributed by atoms with Gasteiger partial charge in [0, 0.05) is 30.9 Å². The molecule has 32 heavy (non-hydrogen) atoms. The van der Waals surface area contributed by atoms with E-state index in [9.17, 15) is 0 Å². The fraction of sp³-hybridized carbons (Fsp3) is 0.458. The van der Waals surface area contributed by atoms with Crippen molar-refractivity contribution >= 4 is 11.0 Å². The molecule has 0 aromatic carbocycles. The molecule has 2 aliphatic rings. The van der Waals surface area contributed by atoms with E-state index in [1.807, 2.05) is 30.5 Å². The van der Waals surface area contributed by atoms with Crippen LogP contribution in [0.5, 0.6) is 17.4 Å². The number of rotatable bonds is 7. The Hall–Kier alpha value is -2.97. The highest BCUT2D eigenvalue weighted by atomic mass is 16.6. The zero-order chi connectivity index (χ0) is 21.8. The largest absolute Gasteiger partial charge is 0.486 e. The topological polar surface area (TPSA) is 87.6 Å². The number of pyridine rings is 3. The summed E-state index contributed by atoms with van der Waals surface area (Å²) >= 11 is 0. The summed E-state index contributed by atoms with van der Waals surface area (Å²) in [6.07, 6.45) is 7.84. The number of hydrogen-bond acceptors (Lipinski definition) is 8. The monoisotopic (exact) mass is 436 g/mol. The molecule has 8 nitrogen and oxygen atoms in total. The summed E-state index contributed by atoms with van der Waals surface area (Å²) in [5, 5.41) is 3.56. The summed E-state index contributed by atoms with van der Waals surface area (Å²) in [5.41, 5.74) is 3.94. The molecular weight excluding hydrogens is 408 g/mol. The van der Waals surface area contributed by atoms with Gasteiger partial charge in [-0.3, -0.25) is 9.97 Å². The first kappa shape index (κ1) is 20.9. The fourth-order valence-electron chi connectivity index (χ4n) is 4.22.